The molecule has 3 rings (SSSR count). The summed E-state index contributed by atoms with van der Waals surface area (Å²) in [7, 11) is 3.52. The van der Waals surface area contributed by atoms with E-state index >= 15 is 0 Å². The number of nitrogens with two attached hydrogens (primary N) is 1. The van der Waals surface area contributed by atoms with E-state index in [1.807, 2.05) is 25.2 Å². The molecule has 0 aliphatic heterocycles. The number of rotatable bonds is 2. The van der Waals surface area contributed by atoms with Crippen LogP contribution in [0.4, 0.5) is 0 Å². The summed E-state index contributed by atoms with van der Waals surface area (Å²) in [5.74, 6) is -0.375. The molecule has 6 nitrogen and oxygen atoms in total. The smallest absolute Gasteiger partial charge is 0.408 e. The number of halogens is 1. The maximum absolute atomic E-state index is 11.5. The van der Waals surface area contributed by atoms with Gasteiger partial charge >= 0.3 is 5.76 Å². The van der Waals surface area contributed by atoms with Gasteiger partial charge in [-0.1, -0.05) is 6.07 Å². The van der Waals surface area contributed by atoms with Crippen LogP contribution in [0.2, 0.25) is 0 Å². The van der Waals surface area contributed by atoms with Gasteiger partial charge in [-0.15, -0.1) is 0 Å². The zero-order valence-electron chi connectivity index (χ0n) is 11.1. The van der Waals surface area contributed by atoms with Crippen LogP contribution in [0.3, 0.4) is 0 Å². The van der Waals surface area contributed by atoms with Gasteiger partial charge in [0.1, 0.15) is 5.69 Å². The van der Waals surface area contributed by atoms with Crippen LogP contribution in [-0.4, -0.2) is 14.3 Å². The highest BCUT2D eigenvalue weighted by Crippen LogP contribution is 2.31. The average Bonchev–Trinajstić information content (AvgIpc) is 2.87. The van der Waals surface area contributed by atoms with Gasteiger partial charge in [0.2, 0.25) is 0 Å². The highest BCUT2D eigenvalue weighted by atomic mass is 79.9. The minimum atomic E-state index is -0.375. The molecule has 20 heavy (non-hydrogen) atoms. The second-order valence-electron chi connectivity index (χ2n) is 4.55. The van der Waals surface area contributed by atoms with Crippen molar-refractivity contribution in [3.05, 3.63) is 38.9 Å². The van der Waals surface area contributed by atoms with Crippen LogP contribution in [0, 0.1) is 0 Å². The predicted molar refractivity (Wildman–Crippen MR) is 79.2 cm³/mol. The molecule has 0 saturated carbocycles. The summed E-state index contributed by atoms with van der Waals surface area (Å²) < 4.78 is 9.27. The van der Waals surface area contributed by atoms with E-state index in [9.17, 15) is 4.79 Å². The predicted octanol–water partition coefficient (Wildman–Crippen LogP) is 1.75. The minimum absolute atomic E-state index is 0.375. The van der Waals surface area contributed by atoms with Gasteiger partial charge in [-0.05, 0) is 28.1 Å². The zero-order chi connectivity index (χ0) is 14.4. The molecule has 104 valence electrons. The fraction of sp³-hybridized carbons (Fsp3) is 0.231. The largest absolute Gasteiger partial charge is 0.419 e. The lowest BCUT2D eigenvalue weighted by atomic mass is 10.1. The Morgan fingerprint density at radius 2 is 2.15 bits per heavy atom. The SMILES string of the molecule is Cn1nc(-c2ccc3c(c2)oc(=O)n3C)c(Br)c1CN. The van der Waals surface area contributed by atoms with Gasteiger partial charge < -0.3 is 10.2 Å². The van der Waals surface area contributed by atoms with Crippen molar-refractivity contribution in [2.24, 2.45) is 19.8 Å². The van der Waals surface area contributed by atoms with Crippen LogP contribution in [0.15, 0.2) is 31.9 Å². The third-order valence-corrected chi connectivity index (χ3v) is 4.19. The summed E-state index contributed by atoms with van der Waals surface area (Å²) in [6.45, 7) is 0.396. The van der Waals surface area contributed by atoms with Crippen molar-refractivity contribution < 1.29 is 4.42 Å². The molecule has 2 N–H and O–H groups in total. The molecule has 0 aliphatic rings. The number of aromatic nitrogens is 3. The number of hydrogen-bond donors (Lipinski definition) is 1. The van der Waals surface area contributed by atoms with Crippen LogP contribution in [0.5, 0.6) is 0 Å². The molecule has 0 aliphatic carbocycles. The molecule has 2 heterocycles. The van der Waals surface area contributed by atoms with Crippen LogP contribution in [0.1, 0.15) is 5.69 Å². The number of fused-ring (bicyclic) bond motifs is 1. The molecule has 2 aromatic heterocycles. The highest BCUT2D eigenvalue weighted by molar-refractivity contribution is 9.10. The Bertz CT molecular complexity index is 859. The van der Waals surface area contributed by atoms with Gasteiger partial charge in [-0.2, -0.15) is 5.10 Å². The van der Waals surface area contributed by atoms with E-state index in [1.165, 1.54) is 4.57 Å². The Morgan fingerprint density at radius 3 is 2.80 bits per heavy atom. The summed E-state index contributed by atoms with van der Waals surface area (Å²) >= 11 is 3.52. The fourth-order valence-electron chi connectivity index (χ4n) is 2.22. The highest BCUT2D eigenvalue weighted by Gasteiger charge is 2.16. The van der Waals surface area contributed by atoms with E-state index in [-0.39, 0.29) is 5.76 Å². The molecule has 0 fully saturated rings. The number of oxazole rings is 1. The first-order chi connectivity index (χ1) is 9.52. The van der Waals surface area contributed by atoms with Crippen molar-refractivity contribution in [2.75, 3.05) is 0 Å². The molecule has 1 aromatic carbocycles. The monoisotopic (exact) mass is 336 g/mol. The summed E-state index contributed by atoms with van der Waals surface area (Å²) in [5, 5.41) is 4.45. The summed E-state index contributed by atoms with van der Waals surface area (Å²) in [6, 6.07) is 5.56. The quantitative estimate of drug-likeness (QED) is 0.773. The molecule has 0 unspecified atom stereocenters. The van der Waals surface area contributed by atoms with Crippen molar-refractivity contribution in [3.63, 3.8) is 0 Å². The lowest BCUT2D eigenvalue weighted by molar-refractivity contribution is 0.528. The number of benzene rings is 1. The van der Waals surface area contributed by atoms with Gasteiger partial charge in [0, 0.05) is 26.2 Å². The van der Waals surface area contributed by atoms with E-state index in [0.29, 0.717) is 12.1 Å². The van der Waals surface area contributed by atoms with E-state index in [0.717, 1.165) is 26.9 Å². The second-order valence-corrected chi connectivity index (χ2v) is 5.34. The lowest BCUT2D eigenvalue weighted by Gasteiger charge is -1.98. The summed E-state index contributed by atoms with van der Waals surface area (Å²) in [6.07, 6.45) is 0. The van der Waals surface area contributed by atoms with Crippen LogP contribution in [-0.2, 0) is 20.6 Å². The third kappa shape index (κ3) is 1.82. The van der Waals surface area contributed by atoms with E-state index in [4.69, 9.17) is 10.2 Å². The molecule has 0 radical (unpaired) electrons. The molecule has 0 atom stereocenters. The molecule has 0 amide bonds. The van der Waals surface area contributed by atoms with Crippen LogP contribution >= 0.6 is 15.9 Å². The van der Waals surface area contributed by atoms with Crippen molar-refractivity contribution in [1.82, 2.24) is 14.3 Å². The van der Waals surface area contributed by atoms with Crippen LogP contribution in [0.25, 0.3) is 22.4 Å². The fourth-order valence-corrected chi connectivity index (χ4v) is 2.95. The second kappa shape index (κ2) is 4.60. The topological polar surface area (TPSA) is 79.0 Å². The van der Waals surface area contributed by atoms with Gasteiger partial charge in [-0.25, -0.2) is 4.79 Å². The average molecular weight is 337 g/mol. The maximum Gasteiger partial charge on any atom is 0.419 e. The molecular weight excluding hydrogens is 324 g/mol. The van der Waals surface area contributed by atoms with Gasteiger partial charge in [0.15, 0.2) is 5.58 Å². The zero-order valence-corrected chi connectivity index (χ0v) is 12.6. The van der Waals surface area contributed by atoms with E-state index in [2.05, 4.69) is 21.0 Å². The van der Waals surface area contributed by atoms with E-state index in [1.54, 1.807) is 11.7 Å². The first kappa shape index (κ1) is 13.1. The molecular formula is C13H13BrN4O2. The third-order valence-electron chi connectivity index (χ3n) is 3.36. The van der Waals surface area contributed by atoms with Gasteiger partial charge in [-0.3, -0.25) is 9.25 Å². The Hall–Kier alpha value is -1.86. The first-order valence-corrected chi connectivity index (χ1v) is 6.83. The number of hydrogen-bond acceptors (Lipinski definition) is 4. The van der Waals surface area contributed by atoms with Gasteiger partial charge in [0.25, 0.3) is 0 Å². The normalized spacial score (nSPS) is 11.4. The van der Waals surface area contributed by atoms with Crippen molar-refractivity contribution in [1.29, 1.82) is 0 Å². The van der Waals surface area contributed by atoms with Crippen molar-refractivity contribution >= 4 is 27.0 Å². The molecule has 7 heteroatoms. The summed E-state index contributed by atoms with van der Waals surface area (Å²) in [4.78, 5) is 11.5. The first-order valence-electron chi connectivity index (χ1n) is 6.04. The van der Waals surface area contributed by atoms with Crippen LogP contribution < -0.4 is 11.5 Å². The maximum atomic E-state index is 11.5. The Morgan fingerprint density at radius 1 is 1.40 bits per heavy atom. The Labute approximate surface area is 122 Å². The Kier molecular flexibility index (Phi) is 3.02. The van der Waals surface area contributed by atoms with Crippen molar-refractivity contribution in [3.8, 4) is 11.3 Å². The minimum Gasteiger partial charge on any atom is -0.408 e. The number of nitrogens with zero attached hydrogens (tertiary/aromatic N) is 3. The van der Waals surface area contributed by atoms with Crippen molar-refractivity contribution in [2.45, 2.75) is 6.54 Å². The standard InChI is InChI=1S/C13H13BrN4O2/c1-17-8-4-3-7(5-10(8)20-13(17)19)12-11(14)9(6-15)18(2)16-12/h3-5H,6,15H2,1-2H3. The molecule has 3 aromatic rings. The van der Waals surface area contributed by atoms with Gasteiger partial charge in [0.05, 0.1) is 15.7 Å². The lowest BCUT2D eigenvalue weighted by Crippen LogP contribution is -2.08. The molecule has 0 saturated heterocycles. The molecule has 0 bridgehead atoms. The van der Waals surface area contributed by atoms with E-state index < -0.39 is 0 Å². The molecule has 0 spiro atoms. The Balaban J connectivity index is 2.22. The number of aryl methyl sites for hydroxylation is 2. The summed E-state index contributed by atoms with van der Waals surface area (Å²) in [5.41, 5.74) is 9.56.